The van der Waals surface area contributed by atoms with Crippen LogP contribution in [0, 0.1) is 0 Å². The fraction of sp³-hybridized carbons (Fsp3) is 0.0169. The summed E-state index contributed by atoms with van der Waals surface area (Å²) in [6.45, 7) is 0. The molecule has 0 unspecified atom stereocenters. The van der Waals surface area contributed by atoms with Gasteiger partial charge in [-0.25, -0.2) is 9.97 Å². The van der Waals surface area contributed by atoms with Crippen LogP contribution in [0.3, 0.4) is 0 Å². The SMILES string of the molecule is c1ccc(-c2ccc(-c3cc(-c4ccc5c(c4)-c4ccccc4-c4ccccc4C54c5ccccc5-c5ccccc54)nc(-c4cccc5oc6ccccc6c45)n3)cc2)cc1. The van der Waals surface area contributed by atoms with Crippen LogP contribution in [-0.4, -0.2) is 9.97 Å². The van der Waals surface area contributed by atoms with Crippen LogP contribution in [0.4, 0.5) is 0 Å². The van der Waals surface area contributed by atoms with Crippen molar-refractivity contribution in [2.45, 2.75) is 5.41 Å². The molecule has 0 atom stereocenters. The number of para-hydroxylation sites is 1. The minimum Gasteiger partial charge on any atom is -0.456 e. The summed E-state index contributed by atoms with van der Waals surface area (Å²) in [5.74, 6) is 0.652. The normalized spacial score (nSPS) is 13.0. The smallest absolute Gasteiger partial charge is 0.161 e. The number of hydrogen-bond donors (Lipinski definition) is 0. The van der Waals surface area contributed by atoms with E-state index in [1.54, 1.807) is 0 Å². The van der Waals surface area contributed by atoms with E-state index in [4.69, 9.17) is 14.4 Å². The maximum atomic E-state index is 6.37. The maximum absolute atomic E-state index is 6.37. The predicted octanol–water partition coefficient (Wildman–Crippen LogP) is 15.1. The van der Waals surface area contributed by atoms with Crippen molar-refractivity contribution in [2.24, 2.45) is 0 Å². The van der Waals surface area contributed by atoms with E-state index in [1.165, 1.54) is 61.2 Å². The number of rotatable bonds is 4. The fourth-order valence-electron chi connectivity index (χ4n) is 10.5. The van der Waals surface area contributed by atoms with Gasteiger partial charge in [-0.2, -0.15) is 0 Å². The predicted molar refractivity (Wildman–Crippen MR) is 253 cm³/mol. The van der Waals surface area contributed by atoms with Crippen LogP contribution in [0.2, 0.25) is 0 Å². The summed E-state index contributed by atoms with van der Waals surface area (Å²) >= 11 is 0. The third kappa shape index (κ3) is 5.00. The van der Waals surface area contributed by atoms with Gasteiger partial charge < -0.3 is 4.42 Å². The highest BCUT2D eigenvalue weighted by Gasteiger charge is 2.49. The molecule has 13 rings (SSSR count). The molecule has 0 aliphatic heterocycles. The van der Waals surface area contributed by atoms with Gasteiger partial charge in [-0.15, -0.1) is 0 Å². The first-order valence-electron chi connectivity index (χ1n) is 21.2. The third-order valence-corrected chi connectivity index (χ3v) is 13.2. The van der Waals surface area contributed by atoms with Gasteiger partial charge in [0.1, 0.15) is 11.2 Å². The van der Waals surface area contributed by atoms with Crippen molar-refractivity contribution in [1.29, 1.82) is 0 Å². The zero-order valence-electron chi connectivity index (χ0n) is 33.6. The van der Waals surface area contributed by atoms with E-state index in [1.807, 2.05) is 24.3 Å². The molecule has 0 radical (unpaired) electrons. The van der Waals surface area contributed by atoms with Crippen molar-refractivity contribution in [3.63, 3.8) is 0 Å². The van der Waals surface area contributed by atoms with E-state index in [0.29, 0.717) is 5.82 Å². The van der Waals surface area contributed by atoms with E-state index < -0.39 is 5.41 Å². The van der Waals surface area contributed by atoms with Crippen molar-refractivity contribution < 1.29 is 4.42 Å². The van der Waals surface area contributed by atoms with Crippen LogP contribution in [0.15, 0.2) is 223 Å². The molecule has 3 nitrogen and oxygen atoms in total. The van der Waals surface area contributed by atoms with Gasteiger partial charge in [0.15, 0.2) is 5.82 Å². The summed E-state index contributed by atoms with van der Waals surface area (Å²) in [6, 6.07) is 78.8. The van der Waals surface area contributed by atoms with Gasteiger partial charge in [-0.3, -0.25) is 0 Å². The Labute approximate surface area is 359 Å². The van der Waals surface area contributed by atoms with Crippen molar-refractivity contribution in [3.05, 3.63) is 241 Å². The lowest BCUT2D eigenvalue weighted by Crippen LogP contribution is -2.29. The topological polar surface area (TPSA) is 38.9 Å². The van der Waals surface area contributed by atoms with Crippen LogP contribution in [0.5, 0.6) is 0 Å². The van der Waals surface area contributed by atoms with Gasteiger partial charge in [0.25, 0.3) is 0 Å². The van der Waals surface area contributed by atoms with Gasteiger partial charge in [-0.1, -0.05) is 194 Å². The Morgan fingerprint density at radius 3 is 1.47 bits per heavy atom. The molecule has 2 aliphatic rings. The average Bonchev–Trinajstić information content (AvgIpc) is 3.85. The highest BCUT2D eigenvalue weighted by Crippen LogP contribution is 2.61. The second-order valence-electron chi connectivity index (χ2n) is 16.4. The number of hydrogen-bond acceptors (Lipinski definition) is 3. The summed E-state index contributed by atoms with van der Waals surface area (Å²) in [6.07, 6.45) is 0. The molecule has 0 saturated heterocycles. The molecule has 0 N–H and O–H groups in total. The van der Waals surface area contributed by atoms with Crippen LogP contribution in [-0.2, 0) is 5.41 Å². The molecule has 11 aromatic rings. The van der Waals surface area contributed by atoms with E-state index in [9.17, 15) is 0 Å². The van der Waals surface area contributed by atoms with Gasteiger partial charge >= 0.3 is 0 Å². The maximum Gasteiger partial charge on any atom is 0.161 e. The Bertz CT molecular complexity index is 3540. The zero-order valence-corrected chi connectivity index (χ0v) is 33.6. The lowest BCUT2D eigenvalue weighted by Gasteiger charge is -2.35. The average molecular weight is 789 g/mol. The molecule has 288 valence electrons. The fourth-order valence-corrected chi connectivity index (χ4v) is 10.5. The highest BCUT2D eigenvalue weighted by molar-refractivity contribution is 6.12. The molecule has 0 amide bonds. The summed E-state index contributed by atoms with van der Waals surface area (Å²) in [7, 11) is 0. The van der Waals surface area contributed by atoms with Crippen molar-refractivity contribution in [2.75, 3.05) is 0 Å². The minimum atomic E-state index is -0.545. The number of nitrogens with zero attached hydrogens (tertiary/aromatic N) is 2. The molecule has 2 heterocycles. The lowest BCUT2D eigenvalue weighted by atomic mass is 9.66. The standard InChI is InChI=1S/C59H36N2O/c1-2-15-37(16-3-1)38-29-31-39(32-30-38)53-36-54(61-58(60-53)47-23-14-28-56-57(47)46-22-9-13-27-55(46)62-56)40-33-34-52-48(35-40)42-18-5-4-17-41(42)43-19-6-10-24-49(43)59(52)50-25-11-7-20-44(50)45-21-8-12-26-51(45)59/h1-36H. The molecule has 2 aromatic heterocycles. The Morgan fingerprint density at radius 1 is 0.306 bits per heavy atom. The number of fused-ring (bicyclic) bond motifs is 15. The second kappa shape index (κ2) is 13.4. The van der Waals surface area contributed by atoms with Gasteiger partial charge in [0, 0.05) is 27.5 Å². The first-order valence-corrected chi connectivity index (χ1v) is 21.2. The Morgan fingerprint density at radius 2 is 0.774 bits per heavy atom. The molecule has 0 bridgehead atoms. The van der Waals surface area contributed by atoms with Gasteiger partial charge in [0.05, 0.1) is 16.8 Å². The molecular formula is C59H36N2O. The quantitative estimate of drug-likeness (QED) is 0.178. The Kier molecular flexibility index (Phi) is 7.52. The van der Waals surface area contributed by atoms with Gasteiger partial charge in [0.2, 0.25) is 0 Å². The van der Waals surface area contributed by atoms with Gasteiger partial charge in [-0.05, 0) is 91.0 Å². The first-order chi connectivity index (χ1) is 30.7. The summed E-state index contributed by atoms with van der Waals surface area (Å²) in [5.41, 5.74) is 20.7. The molecule has 2 aliphatic carbocycles. The number of furan rings is 1. The molecule has 3 heteroatoms. The van der Waals surface area contributed by atoms with Crippen LogP contribution >= 0.6 is 0 Å². The minimum absolute atomic E-state index is 0.545. The molecule has 62 heavy (non-hydrogen) atoms. The highest BCUT2D eigenvalue weighted by atomic mass is 16.3. The zero-order chi connectivity index (χ0) is 40.8. The van der Waals surface area contributed by atoms with Crippen molar-refractivity contribution >= 4 is 21.9 Å². The van der Waals surface area contributed by atoms with Crippen LogP contribution < -0.4 is 0 Å². The molecule has 0 fully saturated rings. The number of aromatic nitrogens is 2. The summed E-state index contributed by atoms with van der Waals surface area (Å²) < 4.78 is 6.37. The lowest BCUT2D eigenvalue weighted by molar-refractivity contribution is 0.669. The van der Waals surface area contributed by atoms with E-state index in [0.717, 1.165) is 55.6 Å². The summed E-state index contributed by atoms with van der Waals surface area (Å²) in [5, 5.41) is 2.06. The molecule has 0 saturated carbocycles. The van der Waals surface area contributed by atoms with E-state index in [2.05, 4.69) is 194 Å². The van der Waals surface area contributed by atoms with E-state index in [-0.39, 0.29) is 0 Å². The van der Waals surface area contributed by atoms with Crippen LogP contribution in [0.25, 0.3) is 100 Å². The number of benzene rings is 9. The van der Waals surface area contributed by atoms with Crippen LogP contribution in [0.1, 0.15) is 22.3 Å². The molecular weight excluding hydrogens is 753 g/mol. The summed E-state index contributed by atoms with van der Waals surface area (Å²) in [4.78, 5) is 10.8. The monoisotopic (exact) mass is 788 g/mol. The molecule has 1 spiro atoms. The van der Waals surface area contributed by atoms with Crippen molar-refractivity contribution in [3.8, 4) is 78.4 Å². The first kappa shape index (κ1) is 34.7. The molecule has 9 aromatic carbocycles. The second-order valence-corrected chi connectivity index (χ2v) is 16.4. The van der Waals surface area contributed by atoms with E-state index >= 15 is 0 Å². The van der Waals surface area contributed by atoms with Crippen molar-refractivity contribution in [1.82, 2.24) is 9.97 Å². The Hall–Kier alpha value is -8.14. The largest absolute Gasteiger partial charge is 0.456 e. The third-order valence-electron chi connectivity index (χ3n) is 13.2. The Balaban J connectivity index is 1.08.